The average molecular weight is 169 g/mol. The summed E-state index contributed by atoms with van der Waals surface area (Å²) in [6, 6.07) is 4.18. The van der Waals surface area contributed by atoms with Gasteiger partial charge in [0.2, 0.25) is 0 Å². The second kappa shape index (κ2) is 3.65. The third-order valence-corrected chi connectivity index (χ3v) is 1.91. The summed E-state index contributed by atoms with van der Waals surface area (Å²) in [7, 11) is 0. The lowest BCUT2D eigenvalue weighted by molar-refractivity contribution is 0.493. The number of halogens is 2. The van der Waals surface area contributed by atoms with Gasteiger partial charge in [-0.2, -0.15) is 0 Å². The highest BCUT2D eigenvalue weighted by molar-refractivity contribution is 5.23. The van der Waals surface area contributed by atoms with Crippen LogP contribution in [0.15, 0.2) is 18.2 Å². The topological polar surface area (TPSA) is 0 Å². The highest BCUT2D eigenvalue weighted by atomic mass is 19.2. The normalized spacial score (nSPS) is 13.0. The summed E-state index contributed by atoms with van der Waals surface area (Å²) in [4.78, 5) is 0. The molecule has 1 rings (SSSR count). The maximum absolute atomic E-state index is 13.0. The molecule has 0 spiro atoms. The van der Waals surface area contributed by atoms with Crippen LogP contribution in [-0.2, 0) is 0 Å². The van der Waals surface area contributed by atoms with E-state index < -0.39 is 11.6 Å². The Balaban J connectivity index is 3.07. The van der Waals surface area contributed by atoms with Crippen LogP contribution in [0.2, 0.25) is 0 Å². The zero-order valence-electron chi connectivity index (χ0n) is 6.98. The monoisotopic (exact) mass is 169 g/mol. The van der Waals surface area contributed by atoms with E-state index in [1.54, 1.807) is 6.07 Å². The highest BCUT2D eigenvalue weighted by Gasteiger charge is 2.11. The van der Waals surface area contributed by atoms with Crippen LogP contribution in [0.5, 0.6) is 0 Å². The van der Waals surface area contributed by atoms with E-state index in [1.165, 1.54) is 6.07 Å². The molecule has 0 saturated carbocycles. The quantitative estimate of drug-likeness (QED) is 0.637. The van der Waals surface area contributed by atoms with Crippen LogP contribution in [-0.4, -0.2) is 0 Å². The molecule has 65 valence electrons. The van der Waals surface area contributed by atoms with Gasteiger partial charge in [0, 0.05) is 0 Å². The Kier molecular flexibility index (Phi) is 2.79. The van der Waals surface area contributed by atoms with E-state index in [9.17, 15) is 8.78 Å². The molecule has 0 bridgehead atoms. The molecule has 1 atom stereocenters. The zero-order chi connectivity index (χ0) is 9.14. The molecule has 1 aromatic carbocycles. The molecule has 0 N–H and O–H groups in total. The van der Waals surface area contributed by atoms with Gasteiger partial charge in [-0.25, -0.2) is 8.78 Å². The Hall–Kier alpha value is -0.920. The summed E-state index contributed by atoms with van der Waals surface area (Å²) in [6.07, 6.45) is 0.709. The standard InChI is InChI=1S/C10H11F2/c1-3-7(2)8-5-4-6-9(11)10(8)12/h4-7H,2-3H2,1H3. The third kappa shape index (κ3) is 1.63. The van der Waals surface area contributed by atoms with E-state index in [1.807, 2.05) is 6.92 Å². The van der Waals surface area contributed by atoms with Gasteiger partial charge in [-0.15, -0.1) is 0 Å². The van der Waals surface area contributed by atoms with Crippen LogP contribution in [0.4, 0.5) is 8.78 Å². The van der Waals surface area contributed by atoms with Crippen LogP contribution in [0.3, 0.4) is 0 Å². The van der Waals surface area contributed by atoms with Crippen LogP contribution < -0.4 is 0 Å². The van der Waals surface area contributed by atoms with Gasteiger partial charge in [-0.3, -0.25) is 0 Å². The molecule has 1 radical (unpaired) electrons. The molecular weight excluding hydrogens is 158 g/mol. The molecular formula is C10H11F2. The first-order chi connectivity index (χ1) is 5.66. The molecule has 2 heteroatoms. The SMILES string of the molecule is [CH2]C(CC)c1cccc(F)c1F. The molecule has 0 amide bonds. The van der Waals surface area contributed by atoms with Crippen LogP contribution in [0.1, 0.15) is 24.8 Å². The van der Waals surface area contributed by atoms with Crippen molar-refractivity contribution in [1.82, 2.24) is 0 Å². The average Bonchev–Trinajstić information content (AvgIpc) is 2.08. The van der Waals surface area contributed by atoms with Crippen molar-refractivity contribution in [3.8, 4) is 0 Å². The number of hydrogen-bond acceptors (Lipinski definition) is 0. The summed E-state index contributed by atoms with van der Waals surface area (Å²) in [5.41, 5.74) is 0.359. The number of rotatable bonds is 2. The van der Waals surface area contributed by atoms with Crippen molar-refractivity contribution >= 4 is 0 Å². The minimum absolute atomic E-state index is 0.166. The molecule has 1 unspecified atom stereocenters. The highest BCUT2D eigenvalue weighted by Crippen LogP contribution is 2.22. The van der Waals surface area contributed by atoms with E-state index in [4.69, 9.17) is 0 Å². The van der Waals surface area contributed by atoms with E-state index >= 15 is 0 Å². The van der Waals surface area contributed by atoms with Crippen molar-refractivity contribution < 1.29 is 8.78 Å². The van der Waals surface area contributed by atoms with Crippen molar-refractivity contribution in [2.24, 2.45) is 0 Å². The first kappa shape index (κ1) is 9.17. The Morgan fingerprint density at radius 1 is 1.42 bits per heavy atom. The molecule has 0 aliphatic heterocycles. The second-order valence-corrected chi connectivity index (χ2v) is 2.75. The smallest absolute Gasteiger partial charge is 0.162 e. The predicted octanol–water partition coefficient (Wildman–Crippen LogP) is 3.29. The molecule has 0 aliphatic rings. The predicted molar refractivity (Wildman–Crippen MR) is 44.7 cm³/mol. The summed E-state index contributed by atoms with van der Waals surface area (Å²) >= 11 is 0. The molecule has 0 saturated heterocycles. The molecule has 0 fully saturated rings. The van der Waals surface area contributed by atoms with Gasteiger partial charge in [0.05, 0.1) is 0 Å². The van der Waals surface area contributed by atoms with E-state index in [0.717, 1.165) is 6.07 Å². The van der Waals surface area contributed by atoms with E-state index in [-0.39, 0.29) is 5.92 Å². The second-order valence-electron chi connectivity index (χ2n) is 2.75. The van der Waals surface area contributed by atoms with E-state index in [0.29, 0.717) is 12.0 Å². The first-order valence-electron chi connectivity index (χ1n) is 3.93. The van der Waals surface area contributed by atoms with Crippen molar-refractivity contribution in [2.75, 3.05) is 0 Å². The minimum atomic E-state index is -0.797. The van der Waals surface area contributed by atoms with Gasteiger partial charge in [0.15, 0.2) is 11.6 Å². The molecule has 0 heterocycles. The van der Waals surface area contributed by atoms with E-state index in [2.05, 4.69) is 6.92 Å². The molecule has 1 aromatic rings. The van der Waals surface area contributed by atoms with Crippen molar-refractivity contribution in [1.29, 1.82) is 0 Å². The number of benzene rings is 1. The van der Waals surface area contributed by atoms with Gasteiger partial charge >= 0.3 is 0 Å². The lowest BCUT2D eigenvalue weighted by atomic mass is 9.98. The fraction of sp³-hybridized carbons (Fsp3) is 0.300. The molecule has 0 aliphatic carbocycles. The molecule has 0 nitrogen and oxygen atoms in total. The Morgan fingerprint density at radius 3 is 2.67 bits per heavy atom. The minimum Gasteiger partial charge on any atom is -0.204 e. The summed E-state index contributed by atoms with van der Waals surface area (Å²) in [5.74, 6) is -1.73. The van der Waals surface area contributed by atoms with Gasteiger partial charge in [-0.05, 0) is 30.9 Å². The summed E-state index contributed by atoms with van der Waals surface area (Å²) < 4.78 is 25.7. The van der Waals surface area contributed by atoms with Crippen molar-refractivity contribution in [3.63, 3.8) is 0 Å². The zero-order valence-corrected chi connectivity index (χ0v) is 6.98. The molecule has 0 aromatic heterocycles. The maximum Gasteiger partial charge on any atom is 0.162 e. The maximum atomic E-state index is 13.0. The fourth-order valence-corrected chi connectivity index (χ4v) is 1.06. The van der Waals surface area contributed by atoms with Crippen LogP contribution in [0, 0.1) is 18.6 Å². The summed E-state index contributed by atoms with van der Waals surface area (Å²) in [5, 5.41) is 0. The van der Waals surface area contributed by atoms with Crippen molar-refractivity contribution in [2.45, 2.75) is 19.3 Å². The Morgan fingerprint density at radius 2 is 2.08 bits per heavy atom. The third-order valence-electron chi connectivity index (χ3n) is 1.91. The van der Waals surface area contributed by atoms with Gasteiger partial charge < -0.3 is 0 Å². The summed E-state index contributed by atoms with van der Waals surface area (Å²) in [6.45, 7) is 5.61. The lowest BCUT2D eigenvalue weighted by Crippen LogP contribution is -1.98. The Labute approximate surface area is 71.2 Å². The van der Waals surface area contributed by atoms with Gasteiger partial charge in [-0.1, -0.05) is 19.1 Å². The van der Waals surface area contributed by atoms with Gasteiger partial charge in [0.1, 0.15) is 0 Å². The fourth-order valence-electron chi connectivity index (χ4n) is 1.06. The van der Waals surface area contributed by atoms with Crippen LogP contribution in [0.25, 0.3) is 0 Å². The largest absolute Gasteiger partial charge is 0.204 e. The molecule has 12 heavy (non-hydrogen) atoms. The Bertz CT molecular complexity index is 269. The number of hydrogen-bond donors (Lipinski definition) is 0. The van der Waals surface area contributed by atoms with Crippen molar-refractivity contribution in [3.05, 3.63) is 42.3 Å². The first-order valence-corrected chi connectivity index (χ1v) is 3.93. The lowest BCUT2D eigenvalue weighted by Gasteiger charge is -2.09. The van der Waals surface area contributed by atoms with Crippen LogP contribution >= 0.6 is 0 Å². The van der Waals surface area contributed by atoms with Gasteiger partial charge in [0.25, 0.3) is 0 Å².